The van der Waals surface area contributed by atoms with E-state index in [9.17, 15) is 9.59 Å². The highest BCUT2D eigenvalue weighted by molar-refractivity contribution is 5.78. The van der Waals surface area contributed by atoms with Crippen LogP contribution in [0, 0.1) is 13.8 Å². The Morgan fingerprint density at radius 1 is 1.32 bits per heavy atom. The van der Waals surface area contributed by atoms with Crippen molar-refractivity contribution in [3.63, 3.8) is 0 Å². The van der Waals surface area contributed by atoms with Crippen molar-refractivity contribution in [2.45, 2.75) is 51.5 Å². The van der Waals surface area contributed by atoms with Crippen molar-refractivity contribution < 1.29 is 24.2 Å². The lowest BCUT2D eigenvalue weighted by Crippen LogP contribution is -2.50. The fourth-order valence-corrected chi connectivity index (χ4v) is 2.97. The molecule has 2 N–H and O–H groups in total. The maximum absolute atomic E-state index is 12.1. The number of nitrogens with one attached hydrogen (secondary N) is 1. The highest BCUT2D eigenvalue weighted by Gasteiger charge is 2.38. The first-order valence-corrected chi connectivity index (χ1v) is 8.71. The van der Waals surface area contributed by atoms with Gasteiger partial charge in [-0.2, -0.15) is 0 Å². The van der Waals surface area contributed by atoms with Gasteiger partial charge in [0.05, 0.1) is 25.2 Å². The van der Waals surface area contributed by atoms with Crippen molar-refractivity contribution >= 4 is 11.9 Å². The van der Waals surface area contributed by atoms with Crippen LogP contribution in [0.4, 0.5) is 0 Å². The molecule has 0 aliphatic carbocycles. The van der Waals surface area contributed by atoms with Gasteiger partial charge in [0.2, 0.25) is 5.91 Å². The summed E-state index contributed by atoms with van der Waals surface area (Å²) in [5, 5.41) is 11.9. The second kappa shape index (κ2) is 8.85. The quantitative estimate of drug-likeness (QED) is 0.670. The lowest BCUT2D eigenvalue weighted by atomic mass is 9.94. The molecule has 0 bridgehead atoms. The van der Waals surface area contributed by atoms with E-state index in [1.807, 2.05) is 32.0 Å². The van der Waals surface area contributed by atoms with Gasteiger partial charge in [0.25, 0.3) is 0 Å². The summed E-state index contributed by atoms with van der Waals surface area (Å²) in [6.07, 6.45) is 2.26. The number of rotatable bonds is 9. The Kier molecular flexibility index (Phi) is 6.82. The van der Waals surface area contributed by atoms with Gasteiger partial charge in [-0.15, -0.1) is 0 Å². The standard InChI is InChI=1S/C19H27NO5/c1-14-6-7-15(2)16(11-14)25-9-4-3-5-17(21)20-19(12-18(22)23)8-10-24-13-19/h6-7,11H,3-5,8-10,12-13H2,1-2H3,(H,20,21)(H,22,23). The van der Waals surface area contributed by atoms with E-state index in [0.717, 1.165) is 23.3 Å². The molecule has 1 saturated heterocycles. The minimum Gasteiger partial charge on any atom is -0.493 e. The van der Waals surface area contributed by atoms with Crippen molar-refractivity contribution in [3.8, 4) is 5.75 Å². The summed E-state index contributed by atoms with van der Waals surface area (Å²) >= 11 is 0. The number of hydrogen-bond acceptors (Lipinski definition) is 4. The van der Waals surface area contributed by atoms with Crippen molar-refractivity contribution in [2.75, 3.05) is 19.8 Å². The molecule has 1 aliphatic heterocycles. The predicted molar refractivity (Wildman–Crippen MR) is 93.8 cm³/mol. The number of aryl methyl sites for hydroxylation is 2. The average Bonchev–Trinajstić information content (AvgIpc) is 2.97. The van der Waals surface area contributed by atoms with Crippen LogP contribution in [0.2, 0.25) is 0 Å². The molecular weight excluding hydrogens is 322 g/mol. The Morgan fingerprint density at radius 2 is 2.12 bits per heavy atom. The lowest BCUT2D eigenvalue weighted by molar-refractivity contribution is -0.139. The first kappa shape index (κ1) is 19.2. The number of carboxylic acid groups (broad SMARTS) is 1. The molecule has 1 atom stereocenters. The number of carboxylic acids is 1. The van der Waals surface area contributed by atoms with Crippen LogP contribution >= 0.6 is 0 Å². The number of ether oxygens (including phenoxy) is 2. The minimum atomic E-state index is -0.923. The summed E-state index contributed by atoms with van der Waals surface area (Å²) in [6, 6.07) is 6.09. The summed E-state index contributed by atoms with van der Waals surface area (Å²) < 4.78 is 11.1. The minimum absolute atomic E-state index is 0.103. The normalized spacial score (nSPS) is 19.6. The fourth-order valence-electron chi connectivity index (χ4n) is 2.97. The molecule has 1 unspecified atom stereocenters. The molecule has 2 rings (SSSR count). The van der Waals surface area contributed by atoms with Crippen LogP contribution in [-0.4, -0.2) is 42.3 Å². The lowest BCUT2D eigenvalue weighted by Gasteiger charge is -2.27. The second-order valence-electron chi connectivity index (χ2n) is 6.78. The van der Waals surface area contributed by atoms with Gasteiger partial charge in [-0.25, -0.2) is 0 Å². The summed E-state index contributed by atoms with van der Waals surface area (Å²) in [5.41, 5.74) is 1.50. The largest absolute Gasteiger partial charge is 0.493 e. The van der Waals surface area contributed by atoms with Crippen LogP contribution in [0.3, 0.4) is 0 Å². The van der Waals surface area contributed by atoms with Crippen molar-refractivity contribution in [1.82, 2.24) is 5.32 Å². The molecule has 0 aromatic heterocycles. The number of unbranched alkanes of at least 4 members (excludes halogenated alkanes) is 1. The topological polar surface area (TPSA) is 84.9 Å². The highest BCUT2D eigenvalue weighted by atomic mass is 16.5. The number of amides is 1. The number of carbonyl (C=O) groups is 2. The van der Waals surface area contributed by atoms with E-state index in [1.165, 1.54) is 0 Å². The van der Waals surface area contributed by atoms with Gasteiger partial charge >= 0.3 is 5.97 Å². The van der Waals surface area contributed by atoms with Crippen molar-refractivity contribution in [2.24, 2.45) is 0 Å². The smallest absolute Gasteiger partial charge is 0.305 e. The van der Waals surface area contributed by atoms with Crippen LogP contribution < -0.4 is 10.1 Å². The second-order valence-corrected chi connectivity index (χ2v) is 6.78. The van der Waals surface area contributed by atoms with E-state index in [2.05, 4.69) is 5.32 Å². The van der Waals surface area contributed by atoms with Gasteiger partial charge in [-0.1, -0.05) is 12.1 Å². The molecule has 1 aromatic carbocycles. The molecule has 0 saturated carbocycles. The van der Waals surface area contributed by atoms with Gasteiger partial charge in [-0.05, 0) is 50.3 Å². The van der Waals surface area contributed by atoms with Crippen molar-refractivity contribution in [3.05, 3.63) is 29.3 Å². The van der Waals surface area contributed by atoms with E-state index < -0.39 is 11.5 Å². The Hall–Kier alpha value is -2.08. The highest BCUT2D eigenvalue weighted by Crippen LogP contribution is 2.23. The third-order valence-corrected chi connectivity index (χ3v) is 4.40. The first-order chi connectivity index (χ1) is 11.9. The van der Waals surface area contributed by atoms with E-state index in [0.29, 0.717) is 32.5 Å². The molecule has 25 heavy (non-hydrogen) atoms. The van der Waals surface area contributed by atoms with Gasteiger partial charge in [0, 0.05) is 13.0 Å². The third-order valence-electron chi connectivity index (χ3n) is 4.40. The summed E-state index contributed by atoms with van der Waals surface area (Å²) in [4.78, 5) is 23.1. The number of hydrogen-bond donors (Lipinski definition) is 2. The Morgan fingerprint density at radius 3 is 2.80 bits per heavy atom. The van der Waals surface area contributed by atoms with Crippen LogP contribution in [0.1, 0.15) is 43.2 Å². The zero-order chi connectivity index (χ0) is 18.3. The molecule has 1 aliphatic rings. The van der Waals surface area contributed by atoms with E-state index in [4.69, 9.17) is 14.6 Å². The monoisotopic (exact) mass is 349 g/mol. The Labute approximate surface area is 148 Å². The van der Waals surface area contributed by atoms with E-state index in [1.54, 1.807) is 0 Å². The molecule has 0 spiro atoms. The van der Waals surface area contributed by atoms with Gasteiger partial charge < -0.3 is 19.9 Å². The molecule has 138 valence electrons. The zero-order valence-corrected chi connectivity index (χ0v) is 15.0. The first-order valence-electron chi connectivity index (χ1n) is 8.71. The Balaban J connectivity index is 1.69. The molecule has 0 radical (unpaired) electrons. The predicted octanol–water partition coefficient (Wildman–Crippen LogP) is 2.60. The molecule has 1 fully saturated rings. The van der Waals surface area contributed by atoms with E-state index in [-0.39, 0.29) is 18.9 Å². The molecule has 6 heteroatoms. The third kappa shape index (κ3) is 6.05. The maximum atomic E-state index is 12.1. The average molecular weight is 349 g/mol. The summed E-state index contributed by atoms with van der Waals surface area (Å²) in [6.45, 7) is 5.34. The molecular formula is C19H27NO5. The van der Waals surface area contributed by atoms with Gasteiger partial charge in [0.15, 0.2) is 0 Å². The maximum Gasteiger partial charge on any atom is 0.305 e. The number of aliphatic carboxylic acids is 1. The molecule has 1 amide bonds. The van der Waals surface area contributed by atoms with Crippen LogP contribution in [0.5, 0.6) is 5.75 Å². The van der Waals surface area contributed by atoms with Crippen LogP contribution in [-0.2, 0) is 14.3 Å². The Bertz CT molecular complexity index is 608. The summed E-state index contributed by atoms with van der Waals surface area (Å²) in [7, 11) is 0. The van der Waals surface area contributed by atoms with Crippen LogP contribution in [0.25, 0.3) is 0 Å². The van der Waals surface area contributed by atoms with E-state index >= 15 is 0 Å². The summed E-state index contributed by atoms with van der Waals surface area (Å²) in [5.74, 6) is -0.167. The number of benzene rings is 1. The zero-order valence-electron chi connectivity index (χ0n) is 15.0. The fraction of sp³-hybridized carbons (Fsp3) is 0.579. The SMILES string of the molecule is Cc1ccc(C)c(OCCCCC(=O)NC2(CC(=O)O)CCOC2)c1. The van der Waals surface area contributed by atoms with Gasteiger partial charge in [0.1, 0.15) is 5.75 Å². The van der Waals surface area contributed by atoms with Gasteiger partial charge in [-0.3, -0.25) is 9.59 Å². The number of carbonyl (C=O) groups excluding carboxylic acids is 1. The van der Waals surface area contributed by atoms with Crippen molar-refractivity contribution in [1.29, 1.82) is 0 Å². The van der Waals surface area contributed by atoms with Crippen LogP contribution in [0.15, 0.2) is 18.2 Å². The molecule has 1 aromatic rings. The molecule has 1 heterocycles. The molecule has 6 nitrogen and oxygen atoms in total.